The normalized spacial score (nSPS) is 46.2. The minimum atomic E-state index is -2.48. The molecule has 0 radical (unpaired) electrons. The Bertz CT molecular complexity index is 1320. The summed E-state index contributed by atoms with van der Waals surface area (Å²) in [6, 6.07) is 0. The molecule has 6 rings (SSSR count). The average Bonchev–Trinajstić information content (AvgIpc) is 3.64. The van der Waals surface area contributed by atoms with Crippen LogP contribution in [0, 0.1) is 42.1 Å². The number of ether oxygens (including phenoxy) is 4. The minimum absolute atomic E-state index is 0.0132. The molecule has 17 heteroatoms. The monoisotopic (exact) mass is 772 g/mol. The average molecular weight is 773 g/mol. The highest BCUT2D eigenvalue weighted by Gasteiger charge is 2.63. The van der Waals surface area contributed by atoms with Crippen LogP contribution in [0.1, 0.15) is 58.8 Å². The van der Waals surface area contributed by atoms with Crippen molar-refractivity contribution in [2.45, 2.75) is 126 Å². The number of nitrogens with one attached hydrogen (secondary N) is 1. The van der Waals surface area contributed by atoms with Crippen molar-refractivity contribution in [3.63, 3.8) is 0 Å². The zero-order chi connectivity index (χ0) is 37.3. The number of primary amides is 1. The van der Waals surface area contributed by atoms with Crippen molar-refractivity contribution < 1.29 is 59.2 Å². The van der Waals surface area contributed by atoms with Crippen molar-refractivity contribution in [3.8, 4) is 0 Å². The standard InChI is InChI=1S/C35H53N3O12S2/c1-16(2)22-13-38-33(45)35(46)30(47-15-52-51-14-23(22)18-9-10-37-12-18)27(41)29(32(43)44)50-34(35)48-20-7-8-21-24(11-20)49-28(31(36)42)25(26(21)40)17-3-5-19(39)6-4-17/h9-10,12,16-17,19-30,33-34,38-41,45-46H,3-8,11,13-15H2,1-2H3,(H2-,36,42,43,44)/p+1. The lowest BCUT2D eigenvalue weighted by Crippen LogP contribution is -2.75. The van der Waals surface area contributed by atoms with Gasteiger partial charge < -0.3 is 55.3 Å². The number of aliphatic hydroxyl groups excluding tert-OH is 4. The lowest BCUT2D eigenvalue weighted by atomic mass is 9.66. The largest absolute Gasteiger partial charge is 0.479 e. The molecule has 0 bridgehead atoms. The molecule has 0 aromatic carbocycles. The summed E-state index contributed by atoms with van der Waals surface area (Å²) in [5.41, 5.74) is 4.38. The summed E-state index contributed by atoms with van der Waals surface area (Å²) in [7, 11) is 2.89. The Morgan fingerprint density at radius 2 is 1.81 bits per heavy atom. The van der Waals surface area contributed by atoms with Crippen molar-refractivity contribution in [2.75, 3.05) is 18.2 Å². The third kappa shape index (κ3) is 8.21. The number of aliphatic imine (C=N–C) groups is 1. The van der Waals surface area contributed by atoms with Gasteiger partial charge in [-0.2, -0.15) is 0 Å². The molecule has 14 atom stereocenters. The summed E-state index contributed by atoms with van der Waals surface area (Å²) in [6.07, 6.45) is -5.44. The van der Waals surface area contributed by atoms with Gasteiger partial charge in [-0.15, -0.1) is 4.99 Å². The summed E-state index contributed by atoms with van der Waals surface area (Å²) in [6.45, 7) is 6.14. The molecule has 4 aliphatic heterocycles. The van der Waals surface area contributed by atoms with E-state index in [2.05, 4.69) is 24.2 Å². The van der Waals surface area contributed by atoms with Crippen LogP contribution < -0.4 is 11.1 Å². The molecule has 52 heavy (non-hydrogen) atoms. The highest BCUT2D eigenvalue weighted by Crippen LogP contribution is 2.47. The van der Waals surface area contributed by atoms with Crippen molar-refractivity contribution in [1.29, 1.82) is 0 Å². The summed E-state index contributed by atoms with van der Waals surface area (Å²) in [4.78, 5) is 29.3. The van der Waals surface area contributed by atoms with E-state index in [1.165, 1.54) is 10.8 Å². The number of allylic oxidation sites excluding steroid dienone is 1. The van der Waals surface area contributed by atoms with Crippen LogP contribution in [0.4, 0.5) is 0 Å². The van der Waals surface area contributed by atoms with Gasteiger partial charge in [-0.3, -0.25) is 10.1 Å². The summed E-state index contributed by atoms with van der Waals surface area (Å²) >= 11 is 0. The Morgan fingerprint density at radius 3 is 2.46 bits per heavy atom. The van der Waals surface area contributed by atoms with Gasteiger partial charge in [0.05, 0.1) is 36.4 Å². The fourth-order valence-electron chi connectivity index (χ4n) is 9.22. The second-order valence-electron chi connectivity index (χ2n) is 15.5. The zero-order valence-corrected chi connectivity index (χ0v) is 31.1. The van der Waals surface area contributed by atoms with Gasteiger partial charge in [0.15, 0.2) is 24.2 Å². The number of hydrogen-bond acceptors (Lipinski definition) is 15. The van der Waals surface area contributed by atoms with Crippen molar-refractivity contribution in [2.24, 2.45) is 46.2 Å². The smallest absolute Gasteiger partial charge is 0.335 e. The molecule has 15 nitrogen and oxygen atoms in total. The number of nitrogens with two attached hydrogens (primary N) is 1. The van der Waals surface area contributed by atoms with E-state index < -0.39 is 84.7 Å². The van der Waals surface area contributed by atoms with Gasteiger partial charge >= 0.3 is 5.97 Å². The van der Waals surface area contributed by atoms with E-state index in [0.29, 0.717) is 44.3 Å². The fourth-order valence-corrected chi connectivity index (χ4v) is 11.3. The van der Waals surface area contributed by atoms with Gasteiger partial charge in [-0.05, 0) is 56.3 Å². The van der Waals surface area contributed by atoms with E-state index in [1.54, 1.807) is 17.3 Å². The maximum Gasteiger partial charge on any atom is 0.335 e. The molecule has 14 unspecified atom stereocenters. The van der Waals surface area contributed by atoms with Gasteiger partial charge in [-0.25, -0.2) is 4.79 Å². The first kappa shape index (κ1) is 40.2. The van der Waals surface area contributed by atoms with Gasteiger partial charge in [0.1, 0.15) is 42.6 Å². The number of fused-ring (bicyclic) bond motifs is 2. The molecule has 6 aliphatic rings. The topological polar surface area (TPSA) is 243 Å². The number of rotatable bonds is 7. The first-order valence-electron chi connectivity index (χ1n) is 18.4. The van der Waals surface area contributed by atoms with Gasteiger partial charge in [0.25, 0.3) is 0 Å². The van der Waals surface area contributed by atoms with E-state index in [-0.39, 0.29) is 48.5 Å². The molecule has 2 saturated carbocycles. The second kappa shape index (κ2) is 17.1. The van der Waals surface area contributed by atoms with Crippen LogP contribution in [0.2, 0.25) is 0 Å². The van der Waals surface area contributed by atoms with E-state index in [4.69, 9.17) is 24.7 Å². The highest BCUT2D eigenvalue weighted by molar-refractivity contribution is 8.76. The SMILES string of the molecule is CC(C)C1CNC(O)C2(O)C(OC3CCC4C(C3)OC(C(N)=O)C(C3CCC(O)CC3)C4O)OC(C(=O)O)C(O)C2OCSSCC1C1=C[CH+]N=C1. The first-order valence-corrected chi connectivity index (χ1v) is 20.9. The number of carbonyl (C=O) groups is 2. The van der Waals surface area contributed by atoms with Crippen LogP contribution in [-0.4, -0.2) is 134 Å². The second-order valence-corrected chi connectivity index (χ2v) is 18.0. The van der Waals surface area contributed by atoms with Crippen molar-refractivity contribution in [3.05, 3.63) is 18.2 Å². The third-order valence-electron chi connectivity index (χ3n) is 12.1. The molecule has 5 fully saturated rings. The van der Waals surface area contributed by atoms with Crippen LogP contribution in [0.15, 0.2) is 16.6 Å². The van der Waals surface area contributed by atoms with E-state index in [9.17, 15) is 40.2 Å². The van der Waals surface area contributed by atoms with E-state index in [0.717, 1.165) is 5.57 Å². The lowest BCUT2D eigenvalue weighted by Gasteiger charge is -2.53. The Balaban J connectivity index is 1.23. The number of aliphatic hydroxyl groups is 5. The van der Waals surface area contributed by atoms with Crippen molar-refractivity contribution in [1.82, 2.24) is 5.32 Å². The molecule has 0 aromatic rings. The molecule has 292 valence electrons. The molecular formula is C35H54N3O12S2+. The highest BCUT2D eigenvalue weighted by atomic mass is 33.1. The number of carboxylic acid groups (broad SMARTS) is 1. The molecule has 1 amide bonds. The maximum absolute atomic E-state index is 12.7. The van der Waals surface area contributed by atoms with Gasteiger partial charge in [0.2, 0.25) is 5.91 Å². The van der Waals surface area contributed by atoms with Crippen LogP contribution >= 0.6 is 21.6 Å². The zero-order valence-electron chi connectivity index (χ0n) is 29.5. The molecule has 9 N–H and O–H groups in total. The number of carbonyl (C=O) groups excluding carboxylic acids is 1. The number of amides is 1. The lowest BCUT2D eigenvalue weighted by molar-refractivity contribution is -0.371. The van der Waals surface area contributed by atoms with Crippen LogP contribution in [0.5, 0.6) is 0 Å². The molecule has 0 spiro atoms. The third-order valence-corrected chi connectivity index (χ3v) is 14.2. The number of carboxylic acids is 1. The van der Waals surface area contributed by atoms with Gasteiger partial charge in [-0.1, -0.05) is 35.4 Å². The predicted molar refractivity (Wildman–Crippen MR) is 191 cm³/mol. The summed E-state index contributed by atoms with van der Waals surface area (Å²) in [5, 5.41) is 70.2. The minimum Gasteiger partial charge on any atom is -0.479 e. The van der Waals surface area contributed by atoms with Gasteiger partial charge in [0, 0.05) is 30.6 Å². The van der Waals surface area contributed by atoms with E-state index >= 15 is 0 Å². The summed E-state index contributed by atoms with van der Waals surface area (Å²) < 4.78 is 24.5. The van der Waals surface area contributed by atoms with Crippen LogP contribution in [-0.2, 0) is 28.5 Å². The van der Waals surface area contributed by atoms with Crippen LogP contribution in [0.3, 0.4) is 0 Å². The fraction of sp³-hybridized carbons (Fsp3) is 0.829. The molecule has 4 heterocycles. The quantitative estimate of drug-likeness (QED) is 0.130. The Kier molecular flexibility index (Phi) is 13.2. The molecule has 0 aromatic heterocycles. The first-order chi connectivity index (χ1) is 24.8. The number of aliphatic carboxylic acids is 1. The molecule has 2 aliphatic carbocycles. The number of hydrogen-bond donors (Lipinski definition) is 8. The molecular weight excluding hydrogens is 719 g/mol. The molecule has 3 saturated heterocycles. The van der Waals surface area contributed by atoms with E-state index in [1.807, 2.05) is 12.3 Å². The maximum atomic E-state index is 12.7. The number of nitrogens with zero attached hydrogens (tertiary/aromatic N) is 1. The Hall–Kier alpha value is -1.48. The van der Waals surface area contributed by atoms with Crippen molar-refractivity contribution >= 4 is 39.7 Å². The van der Waals surface area contributed by atoms with Crippen LogP contribution in [0.25, 0.3) is 0 Å². The Morgan fingerprint density at radius 1 is 1.06 bits per heavy atom. The Labute approximate surface area is 311 Å². The predicted octanol–water partition coefficient (Wildman–Crippen LogP) is 0.561. The summed E-state index contributed by atoms with van der Waals surface area (Å²) in [5.74, 6) is -2.23.